The number of benzene rings is 2. The Labute approximate surface area is 165 Å². The number of thioether (sulfide) groups is 1. The van der Waals surface area contributed by atoms with Crippen molar-refractivity contribution in [1.29, 1.82) is 0 Å². The van der Waals surface area contributed by atoms with E-state index in [4.69, 9.17) is 32.7 Å². The molecule has 0 spiro atoms. The van der Waals surface area contributed by atoms with E-state index in [2.05, 4.69) is 10.3 Å². The van der Waals surface area contributed by atoms with Gasteiger partial charge < -0.3 is 14.8 Å². The van der Waals surface area contributed by atoms with Gasteiger partial charge in [-0.3, -0.25) is 4.79 Å². The molecule has 0 atom stereocenters. The summed E-state index contributed by atoms with van der Waals surface area (Å²) >= 11 is 13.3. The minimum Gasteiger partial charge on any atom is -0.497 e. The molecular formula is C18H14Cl2N2O3S. The summed E-state index contributed by atoms with van der Waals surface area (Å²) in [7, 11) is 3.12. The Balaban J connectivity index is 1.88. The van der Waals surface area contributed by atoms with Crippen LogP contribution in [0.4, 0.5) is 5.69 Å². The van der Waals surface area contributed by atoms with Gasteiger partial charge in [0.25, 0.3) is 5.91 Å². The number of rotatable bonds is 4. The Morgan fingerprint density at radius 3 is 2.62 bits per heavy atom. The summed E-state index contributed by atoms with van der Waals surface area (Å²) in [5.74, 6) is 0.962. The molecule has 1 aliphatic rings. The molecule has 0 bridgehead atoms. The van der Waals surface area contributed by atoms with E-state index in [0.29, 0.717) is 42.9 Å². The highest BCUT2D eigenvalue weighted by molar-refractivity contribution is 8.18. The van der Waals surface area contributed by atoms with Crippen molar-refractivity contribution in [3.05, 3.63) is 56.9 Å². The van der Waals surface area contributed by atoms with Gasteiger partial charge in [0.15, 0.2) is 5.17 Å². The standard InChI is InChI=1S/C18H14Cl2N2O3S/c1-24-12-5-6-14(15(9-12)25-2)21-18-22-17(23)16(26-18)7-10-3-4-11(19)8-13(10)20/h3-9H,1-2H3,(H,21,22,23). The second-order valence-electron chi connectivity index (χ2n) is 5.19. The first-order valence-corrected chi connectivity index (χ1v) is 9.04. The van der Waals surface area contributed by atoms with Gasteiger partial charge >= 0.3 is 0 Å². The van der Waals surface area contributed by atoms with Gasteiger partial charge in [0, 0.05) is 16.1 Å². The predicted molar refractivity (Wildman–Crippen MR) is 107 cm³/mol. The fourth-order valence-electron chi connectivity index (χ4n) is 2.23. The number of nitrogens with zero attached hydrogens (tertiary/aromatic N) is 1. The SMILES string of the molecule is COc1ccc(N=C2NC(=O)C(=Cc3ccc(Cl)cc3Cl)S2)c(OC)c1. The van der Waals surface area contributed by atoms with E-state index >= 15 is 0 Å². The quantitative estimate of drug-likeness (QED) is 0.730. The lowest BCUT2D eigenvalue weighted by molar-refractivity contribution is -0.115. The smallest absolute Gasteiger partial charge is 0.264 e. The first-order valence-electron chi connectivity index (χ1n) is 7.47. The zero-order valence-electron chi connectivity index (χ0n) is 13.9. The summed E-state index contributed by atoms with van der Waals surface area (Å²) in [5, 5.41) is 4.20. The summed E-state index contributed by atoms with van der Waals surface area (Å²) in [6.07, 6.45) is 1.70. The van der Waals surface area contributed by atoms with Crippen molar-refractivity contribution in [2.24, 2.45) is 4.99 Å². The van der Waals surface area contributed by atoms with E-state index in [-0.39, 0.29) is 5.91 Å². The number of nitrogens with one attached hydrogen (secondary N) is 1. The van der Waals surface area contributed by atoms with Crippen molar-refractivity contribution in [3.63, 3.8) is 0 Å². The molecule has 8 heteroatoms. The lowest BCUT2D eigenvalue weighted by Gasteiger charge is -2.07. The van der Waals surface area contributed by atoms with Crippen LogP contribution in [0.25, 0.3) is 6.08 Å². The minimum absolute atomic E-state index is 0.243. The van der Waals surface area contributed by atoms with Crippen molar-refractivity contribution in [2.75, 3.05) is 14.2 Å². The third kappa shape index (κ3) is 4.15. The van der Waals surface area contributed by atoms with Crippen LogP contribution in [-0.2, 0) is 4.79 Å². The number of hydrogen-bond acceptors (Lipinski definition) is 5. The number of amides is 1. The lowest BCUT2D eigenvalue weighted by Crippen LogP contribution is -2.19. The average molecular weight is 409 g/mol. The number of carbonyl (C=O) groups excluding carboxylic acids is 1. The van der Waals surface area contributed by atoms with Crippen LogP contribution in [0.2, 0.25) is 10.0 Å². The normalized spacial score (nSPS) is 16.8. The maximum Gasteiger partial charge on any atom is 0.264 e. The zero-order valence-corrected chi connectivity index (χ0v) is 16.2. The van der Waals surface area contributed by atoms with E-state index < -0.39 is 0 Å². The Morgan fingerprint density at radius 1 is 1.12 bits per heavy atom. The van der Waals surface area contributed by atoms with Crippen LogP contribution >= 0.6 is 35.0 Å². The Bertz CT molecular complexity index is 929. The Morgan fingerprint density at radius 2 is 1.92 bits per heavy atom. The maximum atomic E-state index is 12.2. The van der Waals surface area contributed by atoms with Gasteiger partial charge in [0.05, 0.1) is 19.1 Å². The van der Waals surface area contributed by atoms with Crippen LogP contribution in [0.5, 0.6) is 11.5 Å². The van der Waals surface area contributed by atoms with Gasteiger partial charge in [-0.1, -0.05) is 29.3 Å². The summed E-state index contributed by atoms with van der Waals surface area (Å²) in [6.45, 7) is 0. The Kier molecular flexibility index (Phi) is 5.76. The molecule has 0 saturated carbocycles. The van der Waals surface area contributed by atoms with Crippen LogP contribution < -0.4 is 14.8 Å². The fourth-order valence-corrected chi connectivity index (χ4v) is 3.52. The van der Waals surface area contributed by atoms with E-state index in [0.717, 1.165) is 0 Å². The first-order chi connectivity index (χ1) is 12.5. The molecule has 3 rings (SSSR count). The fraction of sp³-hybridized carbons (Fsp3) is 0.111. The summed E-state index contributed by atoms with van der Waals surface area (Å²) < 4.78 is 10.5. The molecule has 5 nitrogen and oxygen atoms in total. The highest BCUT2D eigenvalue weighted by Gasteiger charge is 2.24. The van der Waals surface area contributed by atoms with Gasteiger partial charge in [-0.15, -0.1) is 0 Å². The summed E-state index contributed by atoms with van der Waals surface area (Å²) in [5.41, 5.74) is 1.29. The molecular weight excluding hydrogens is 395 g/mol. The molecule has 1 N–H and O–H groups in total. The van der Waals surface area contributed by atoms with E-state index in [9.17, 15) is 4.79 Å². The molecule has 2 aromatic rings. The number of amidine groups is 1. The van der Waals surface area contributed by atoms with Crippen molar-refractivity contribution < 1.29 is 14.3 Å². The van der Waals surface area contributed by atoms with Crippen molar-refractivity contribution in [2.45, 2.75) is 0 Å². The lowest BCUT2D eigenvalue weighted by atomic mass is 10.2. The van der Waals surface area contributed by atoms with E-state index in [1.807, 2.05) is 0 Å². The van der Waals surface area contributed by atoms with Gasteiger partial charge in [0.1, 0.15) is 17.2 Å². The van der Waals surface area contributed by atoms with Crippen LogP contribution in [0.15, 0.2) is 46.3 Å². The zero-order chi connectivity index (χ0) is 18.7. The topological polar surface area (TPSA) is 59.9 Å². The molecule has 0 aromatic heterocycles. The minimum atomic E-state index is -0.243. The van der Waals surface area contributed by atoms with Crippen LogP contribution in [0.1, 0.15) is 5.56 Å². The number of hydrogen-bond donors (Lipinski definition) is 1. The largest absolute Gasteiger partial charge is 0.497 e. The number of methoxy groups -OCH3 is 2. The third-order valence-electron chi connectivity index (χ3n) is 3.51. The molecule has 134 valence electrons. The van der Waals surface area contributed by atoms with Crippen molar-refractivity contribution in [1.82, 2.24) is 5.32 Å². The van der Waals surface area contributed by atoms with Gasteiger partial charge in [0.2, 0.25) is 0 Å². The monoisotopic (exact) mass is 408 g/mol. The molecule has 1 fully saturated rings. The van der Waals surface area contributed by atoms with Crippen LogP contribution in [-0.4, -0.2) is 25.3 Å². The molecule has 1 saturated heterocycles. The first kappa shape index (κ1) is 18.6. The van der Waals surface area contributed by atoms with E-state index in [1.54, 1.807) is 56.7 Å². The maximum absolute atomic E-state index is 12.2. The average Bonchev–Trinajstić information content (AvgIpc) is 2.97. The number of halogens is 2. The number of carbonyl (C=O) groups is 1. The third-order valence-corrected chi connectivity index (χ3v) is 4.98. The van der Waals surface area contributed by atoms with Crippen LogP contribution in [0.3, 0.4) is 0 Å². The van der Waals surface area contributed by atoms with Gasteiger partial charge in [-0.2, -0.15) is 0 Å². The van der Waals surface area contributed by atoms with Gasteiger partial charge in [-0.05, 0) is 47.7 Å². The second kappa shape index (κ2) is 8.03. The predicted octanol–water partition coefficient (Wildman–Crippen LogP) is 4.90. The molecule has 1 aliphatic heterocycles. The van der Waals surface area contributed by atoms with Crippen molar-refractivity contribution in [3.8, 4) is 11.5 Å². The molecule has 1 amide bonds. The number of ether oxygens (including phenoxy) is 2. The molecule has 26 heavy (non-hydrogen) atoms. The Hall–Kier alpha value is -2.15. The van der Waals surface area contributed by atoms with E-state index in [1.165, 1.54) is 11.8 Å². The highest BCUT2D eigenvalue weighted by Crippen LogP contribution is 2.35. The van der Waals surface area contributed by atoms with Crippen LogP contribution in [0, 0.1) is 0 Å². The second-order valence-corrected chi connectivity index (χ2v) is 7.06. The van der Waals surface area contributed by atoms with Crippen molar-refractivity contribution >= 4 is 57.8 Å². The summed E-state index contributed by atoms with van der Waals surface area (Å²) in [6, 6.07) is 10.4. The molecule has 0 radical (unpaired) electrons. The highest BCUT2D eigenvalue weighted by atomic mass is 35.5. The van der Waals surface area contributed by atoms with Gasteiger partial charge in [-0.25, -0.2) is 4.99 Å². The number of aliphatic imine (C=N–C) groups is 1. The molecule has 2 aromatic carbocycles. The molecule has 1 heterocycles. The molecule has 0 aliphatic carbocycles. The molecule has 0 unspecified atom stereocenters. The summed E-state index contributed by atoms with van der Waals surface area (Å²) in [4.78, 5) is 17.2.